The Kier molecular flexibility index (Phi) is 4.19. The van der Waals surface area contributed by atoms with Gasteiger partial charge in [-0.2, -0.15) is 0 Å². The van der Waals surface area contributed by atoms with Crippen molar-refractivity contribution in [2.24, 2.45) is 16.8 Å². The number of fused-ring (bicyclic) bond motifs is 2. The summed E-state index contributed by atoms with van der Waals surface area (Å²) in [6, 6.07) is 6.49. The Bertz CT molecular complexity index is 761. The van der Waals surface area contributed by atoms with Crippen molar-refractivity contribution >= 4 is 6.21 Å². The number of dihydropyridines is 1. The molecule has 3 atom stereocenters. The molecule has 4 nitrogen and oxygen atoms in total. The molecule has 1 aliphatic carbocycles. The lowest BCUT2D eigenvalue weighted by atomic mass is 9.85. The quantitative estimate of drug-likeness (QED) is 0.885. The molecule has 1 fully saturated rings. The molecule has 0 spiro atoms. The van der Waals surface area contributed by atoms with Crippen molar-refractivity contribution in [2.75, 3.05) is 13.2 Å². The van der Waals surface area contributed by atoms with Gasteiger partial charge >= 0.3 is 0 Å². The van der Waals surface area contributed by atoms with E-state index in [9.17, 15) is 0 Å². The Morgan fingerprint density at radius 1 is 1.12 bits per heavy atom. The molecule has 3 aliphatic heterocycles. The number of rotatable bonds is 4. The van der Waals surface area contributed by atoms with Crippen molar-refractivity contribution in [3.05, 3.63) is 47.7 Å². The second kappa shape index (κ2) is 6.82. The summed E-state index contributed by atoms with van der Waals surface area (Å²) in [6.07, 6.45) is 15.4. The lowest BCUT2D eigenvalue weighted by Crippen LogP contribution is -2.29. The SMILES string of the molecule is C1=CC2C=C(C(CC3CCCC3)c3ccc4c(c3)OCCO4)NC2N=C1. The summed E-state index contributed by atoms with van der Waals surface area (Å²) >= 11 is 0. The van der Waals surface area contributed by atoms with Crippen LogP contribution in [0.15, 0.2) is 47.1 Å². The molecule has 1 saturated carbocycles. The first-order valence-corrected chi connectivity index (χ1v) is 9.94. The van der Waals surface area contributed by atoms with Gasteiger partial charge in [0.15, 0.2) is 11.5 Å². The molecule has 26 heavy (non-hydrogen) atoms. The fraction of sp³-hybridized carbons (Fsp3) is 0.500. The summed E-state index contributed by atoms with van der Waals surface area (Å²) < 4.78 is 11.6. The maximum atomic E-state index is 5.84. The van der Waals surface area contributed by atoms with Crippen LogP contribution in [0.1, 0.15) is 43.6 Å². The third kappa shape index (κ3) is 3.02. The van der Waals surface area contributed by atoms with Gasteiger partial charge in [-0.05, 0) is 36.1 Å². The van der Waals surface area contributed by atoms with Gasteiger partial charge in [-0.15, -0.1) is 0 Å². The van der Waals surface area contributed by atoms with Crippen LogP contribution in [0.2, 0.25) is 0 Å². The summed E-state index contributed by atoms with van der Waals surface area (Å²) in [5.74, 6) is 3.33. The zero-order chi connectivity index (χ0) is 17.3. The lowest BCUT2D eigenvalue weighted by molar-refractivity contribution is 0.171. The second-order valence-corrected chi connectivity index (χ2v) is 7.81. The van der Waals surface area contributed by atoms with E-state index in [0.29, 0.717) is 25.0 Å². The van der Waals surface area contributed by atoms with Crippen LogP contribution in [0.25, 0.3) is 0 Å². The van der Waals surface area contributed by atoms with E-state index in [4.69, 9.17) is 9.47 Å². The number of allylic oxidation sites excluding steroid dienone is 2. The van der Waals surface area contributed by atoms with E-state index in [1.165, 1.54) is 43.4 Å². The van der Waals surface area contributed by atoms with Crippen LogP contribution in [0.5, 0.6) is 11.5 Å². The van der Waals surface area contributed by atoms with Crippen molar-refractivity contribution in [1.82, 2.24) is 5.32 Å². The highest BCUT2D eigenvalue weighted by Gasteiger charge is 2.32. The van der Waals surface area contributed by atoms with Crippen LogP contribution in [0.3, 0.4) is 0 Å². The fourth-order valence-electron chi connectivity index (χ4n) is 4.75. The van der Waals surface area contributed by atoms with Crippen molar-refractivity contribution in [1.29, 1.82) is 0 Å². The summed E-state index contributed by atoms with van der Waals surface area (Å²) in [5.41, 5.74) is 2.65. The first kappa shape index (κ1) is 16.0. The topological polar surface area (TPSA) is 42.9 Å². The second-order valence-electron chi connectivity index (χ2n) is 7.81. The third-order valence-electron chi connectivity index (χ3n) is 6.11. The van der Waals surface area contributed by atoms with Crippen molar-refractivity contribution in [3.63, 3.8) is 0 Å². The highest BCUT2D eigenvalue weighted by molar-refractivity contribution is 5.72. The molecule has 0 saturated heterocycles. The molecule has 4 aliphatic rings. The number of benzene rings is 1. The zero-order valence-corrected chi connectivity index (χ0v) is 15.1. The van der Waals surface area contributed by atoms with Crippen molar-refractivity contribution in [3.8, 4) is 11.5 Å². The lowest BCUT2D eigenvalue weighted by Gasteiger charge is -2.26. The maximum Gasteiger partial charge on any atom is 0.161 e. The van der Waals surface area contributed by atoms with E-state index in [0.717, 1.165) is 17.4 Å². The molecule has 3 heterocycles. The van der Waals surface area contributed by atoms with Gasteiger partial charge in [0, 0.05) is 23.7 Å². The minimum absolute atomic E-state index is 0.165. The molecule has 136 valence electrons. The molecular weight excluding hydrogens is 324 g/mol. The first-order valence-electron chi connectivity index (χ1n) is 9.94. The molecular formula is C22H26N2O2. The Hall–Kier alpha value is -2.23. The minimum Gasteiger partial charge on any atom is -0.486 e. The highest BCUT2D eigenvalue weighted by atomic mass is 16.6. The molecule has 5 rings (SSSR count). The van der Waals surface area contributed by atoms with E-state index < -0.39 is 0 Å². The van der Waals surface area contributed by atoms with Crippen molar-refractivity contribution < 1.29 is 9.47 Å². The number of ether oxygens (including phenoxy) is 2. The largest absolute Gasteiger partial charge is 0.486 e. The van der Waals surface area contributed by atoms with E-state index in [2.05, 4.69) is 46.7 Å². The van der Waals surface area contributed by atoms with E-state index in [-0.39, 0.29) is 6.17 Å². The summed E-state index contributed by atoms with van der Waals surface area (Å²) in [7, 11) is 0. The molecule has 0 radical (unpaired) electrons. The first-order chi connectivity index (χ1) is 12.9. The van der Waals surface area contributed by atoms with Gasteiger partial charge < -0.3 is 14.8 Å². The highest BCUT2D eigenvalue weighted by Crippen LogP contribution is 2.42. The maximum absolute atomic E-state index is 5.84. The molecule has 1 aromatic rings. The molecule has 0 aromatic heterocycles. The molecule has 0 bridgehead atoms. The standard InChI is InChI=1S/C22H26N2O2/c1-2-5-15(4-1)12-18(19-13-17-6-3-9-23-22(17)24-19)16-7-8-20-21(14-16)26-11-10-25-20/h3,6-9,13-15,17-18,22,24H,1-2,4-5,10-12H2. The van der Waals surface area contributed by atoms with Crippen LogP contribution >= 0.6 is 0 Å². The van der Waals surface area contributed by atoms with Gasteiger partial charge in [-0.25, -0.2) is 0 Å². The molecule has 3 unspecified atom stereocenters. The van der Waals surface area contributed by atoms with Gasteiger partial charge in [-0.1, -0.05) is 43.9 Å². The molecule has 1 aromatic carbocycles. The number of nitrogens with one attached hydrogen (secondary N) is 1. The van der Waals surface area contributed by atoms with E-state index in [1.807, 2.05) is 6.21 Å². The van der Waals surface area contributed by atoms with Crippen LogP contribution < -0.4 is 14.8 Å². The smallest absolute Gasteiger partial charge is 0.161 e. The normalized spacial score (nSPS) is 27.8. The Balaban J connectivity index is 1.46. The summed E-state index contributed by atoms with van der Waals surface area (Å²) in [6.45, 7) is 1.27. The number of aliphatic imine (C=N–C) groups is 1. The predicted octanol–water partition coefficient (Wildman–Crippen LogP) is 4.19. The fourth-order valence-corrected chi connectivity index (χ4v) is 4.75. The van der Waals surface area contributed by atoms with Gasteiger partial charge in [0.1, 0.15) is 19.4 Å². The van der Waals surface area contributed by atoms with Gasteiger partial charge in [-0.3, -0.25) is 4.99 Å². The van der Waals surface area contributed by atoms with Crippen LogP contribution in [-0.2, 0) is 0 Å². The Morgan fingerprint density at radius 2 is 1.96 bits per heavy atom. The van der Waals surface area contributed by atoms with Gasteiger partial charge in [0.2, 0.25) is 0 Å². The van der Waals surface area contributed by atoms with Crippen LogP contribution in [-0.4, -0.2) is 25.6 Å². The average molecular weight is 350 g/mol. The Labute approximate surface area is 155 Å². The van der Waals surface area contributed by atoms with Crippen LogP contribution in [0, 0.1) is 11.8 Å². The van der Waals surface area contributed by atoms with Gasteiger partial charge in [0.25, 0.3) is 0 Å². The Morgan fingerprint density at radius 3 is 2.81 bits per heavy atom. The monoisotopic (exact) mass is 350 g/mol. The van der Waals surface area contributed by atoms with Gasteiger partial charge in [0.05, 0.1) is 0 Å². The minimum atomic E-state index is 0.165. The van der Waals surface area contributed by atoms with E-state index >= 15 is 0 Å². The number of hydrogen-bond acceptors (Lipinski definition) is 4. The molecule has 1 N–H and O–H groups in total. The number of nitrogens with zero attached hydrogens (tertiary/aromatic N) is 1. The summed E-state index contributed by atoms with van der Waals surface area (Å²) in [4.78, 5) is 4.60. The average Bonchev–Trinajstić information content (AvgIpc) is 3.35. The molecule has 0 amide bonds. The third-order valence-corrected chi connectivity index (χ3v) is 6.11. The summed E-state index contributed by atoms with van der Waals surface area (Å²) in [5, 5.41) is 3.69. The zero-order valence-electron chi connectivity index (χ0n) is 15.1. The van der Waals surface area contributed by atoms with E-state index in [1.54, 1.807) is 0 Å². The molecule has 4 heteroatoms. The predicted molar refractivity (Wildman–Crippen MR) is 103 cm³/mol. The van der Waals surface area contributed by atoms with Crippen molar-refractivity contribution in [2.45, 2.75) is 44.2 Å². The number of hydrogen-bond donors (Lipinski definition) is 1. The van der Waals surface area contributed by atoms with Crippen LogP contribution in [0.4, 0.5) is 0 Å².